The lowest BCUT2D eigenvalue weighted by molar-refractivity contribution is -0.136. The Morgan fingerprint density at radius 1 is 1.17 bits per heavy atom. The summed E-state index contributed by atoms with van der Waals surface area (Å²) in [5, 5.41) is 2.30. The lowest BCUT2D eigenvalue weighted by atomic mass is 10.00. The second-order valence-corrected chi connectivity index (χ2v) is 6.54. The number of hydrogen-bond donors (Lipinski definition) is 1. The topological polar surface area (TPSA) is 86.8 Å². The van der Waals surface area contributed by atoms with Crippen molar-refractivity contribution >= 4 is 29.7 Å². The van der Waals surface area contributed by atoms with Crippen LogP contribution in [0.5, 0.6) is 0 Å². The summed E-state index contributed by atoms with van der Waals surface area (Å²) < 4.78 is 0. The van der Waals surface area contributed by atoms with Crippen LogP contribution in [0.15, 0.2) is 18.2 Å². The number of carbonyl (C=O) groups excluding carboxylic acids is 4. The zero-order chi connectivity index (χ0) is 16.8. The zero-order valence-corrected chi connectivity index (χ0v) is 13.0. The van der Waals surface area contributed by atoms with Crippen LogP contribution in [0.3, 0.4) is 0 Å². The summed E-state index contributed by atoms with van der Waals surface area (Å²) in [7, 11) is 0. The van der Waals surface area contributed by atoms with E-state index in [1.807, 2.05) is 12.1 Å². The van der Waals surface area contributed by atoms with E-state index in [1.54, 1.807) is 11.0 Å². The van der Waals surface area contributed by atoms with E-state index in [0.717, 1.165) is 17.5 Å². The van der Waals surface area contributed by atoms with Crippen molar-refractivity contribution < 1.29 is 19.2 Å². The molecule has 1 aromatic carbocycles. The van der Waals surface area contributed by atoms with E-state index in [9.17, 15) is 19.2 Å². The lowest BCUT2D eigenvalue weighted by Gasteiger charge is -2.38. The Morgan fingerprint density at radius 3 is 2.67 bits per heavy atom. The highest BCUT2D eigenvalue weighted by atomic mass is 16.2. The molecule has 0 radical (unpaired) electrons. The Balaban J connectivity index is 1.53. The van der Waals surface area contributed by atoms with Crippen LogP contribution in [-0.2, 0) is 20.9 Å². The van der Waals surface area contributed by atoms with Gasteiger partial charge in [0.2, 0.25) is 11.8 Å². The lowest BCUT2D eigenvalue weighted by Crippen LogP contribution is -2.52. The molecule has 7 nitrogen and oxygen atoms in total. The smallest absolute Gasteiger partial charge is 0.255 e. The SMILES string of the molecule is O=CC1CN(c2ccc3c(c2)CN([C@@H]2CCC(=O)NC2=O)C3=O)C1. The van der Waals surface area contributed by atoms with E-state index in [2.05, 4.69) is 10.2 Å². The van der Waals surface area contributed by atoms with E-state index in [-0.39, 0.29) is 24.2 Å². The molecular formula is C17H17N3O4. The number of imide groups is 1. The number of piperidine rings is 1. The van der Waals surface area contributed by atoms with E-state index < -0.39 is 11.9 Å². The van der Waals surface area contributed by atoms with Crippen molar-refractivity contribution in [3.63, 3.8) is 0 Å². The first kappa shape index (κ1) is 14.9. The van der Waals surface area contributed by atoms with Gasteiger partial charge in [0, 0.05) is 43.2 Å². The van der Waals surface area contributed by atoms with Crippen molar-refractivity contribution in [2.24, 2.45) is 5.92 Å². The maximum atomic E-state index is 12.6. The van der Waals surface area contributed by atoms with Crippen LogP contribution in [0, 0.1) is 5.92 Å². The summed E-state index contributed by atoms with van der Waals surface area (Å²) in [5.41, 5.74) is 2.48. The van der Waals surface area contributed by atoms with Crippen LogP contribution >= 0.6 is 0 Å². The van der Waals surface area contributed by atoms with Gasteiger partial charge in [-0.1, -0.05) is 0 Å². The number of hydrogen-bond acceptors (Lipinski definition) is 5. The summed E-state index contributed by atoms with van der Waals surface area (Å²) in [4.78, 5) is 50.3. The van der Waals surface area contributed by atoms with Crippen LogP contribution in [0.1, 0.15) is 28.8 Å². The molecule has 2 saturated heterocycles. The van der Waals surface area contributed by atoms with Gasteiger partial charge in [0.25, 0.3) is 5.91 Å². The van der Waals surface area contributed by atoms with Gasteiger partial charge in [-0.2, -0.15) is 0 Å². The normalized spacial score (nSPS) is 23.8. The van der Waals surface area contributed by atoms with Gasteiger partial charge in [0.15, 0.2) is 0 Å². The Bertz CT molecular complexity index is 754. The number of rotatable bonds is 3. The number of benzene rings is 1. The molecule has 3 amide bonds. The predicted molar refractivity (Wildman–Crippen MR) is 84.3 cm³/mol. The third-order valence-electron chi connectivity index (χ3n) is 4.97. The quantitative estimate of drug-likeness (QED) is 0.628. The molecule has 24 heavy (non-hydrogen) atoms. The number of fused-ring (bicyclic) bond motifs is 1. The van der Waals surface area contributed by atoms with E-state index in [0.29, 0.717) is 31.6 Å². The maximum absolute atomic E-state index is 12.6. The van der Waals surface area contributed by atoms with Crippen molar-refractivity contribution in [1.82, 2.24) is 10.2 Å². The molecule has 2 fully saturated rings. The summed E-state index contributed by atoms with van der Waals surface area (Å²) in [6, 6.07) is 5.04. The minimum atomic E-state index is -0.588. The molecule has 7 heteroatoms. The first-order valence-corrected chi connectivity index (χ1v) is 8.04. The Kier molecular flexibility index (Phi) is 3.37. The molecule has 1 aromatic rings. The van der Waals surface area contributed by atoms with Gasteiger partial charge in [0.05, 0.1) is 0 Å². The number of aldehydes is 1. The molecule has 1 N–H and O–H groups in total. The molecule has 0 bridgehead atoms. The first-order valence-electron chi connectivity index (χ1n) is 8.04. The molecule has 0 unspecified atom stereocenters. The van der Waals surface area contributed by atoms with Crippen molar-refractivity contribution in [1.29, 1.82) is 0 Å². The van der Waals surface area contributed by atoms with Crippen LogP contribution < -0.4 is 10.2 Å². The number of amides is 3. The maximum Gasteiger partial charge on any atom is 0.255 e. The molecular weight excluding hydrogens is 310 g/mol. The first-order chi connectivity index (χ1) is 11.6. The van der Waals surface area contributed by atoms with Gasteiger partial charge in [-0.3, -0.25) is 19.7 Å². The fourth-order valence-electron chi connectivity index (χ4n) is 3.57. The Hall–Kier alpha value is -2.70. The van der Waals surface area contributed by atoms with Crippen molar-refractivity contribution in [2.75, 3.05) is 18.0 Å². The van der Waals surface area contributed by atoms with Crippen molar-refractivity contribution in [2.45, 2.75) is 25.4 Å². The molecule has 0 aliphatic carbocycles. The minimum absolute atomic E-state index is 0.0832. The van der Waals surface area contributed by atoms with Crippen LogP contribution in [0.25, 0.3) is 0 Å². The van der Waals surface area contributed by atoms with Gasteiger partial charge in [-0.15, -0.1) is 0 Å². The fraction of sp³-hybridized carbons (Fsp3) is 0.412. The van der Waals surface area contributed by atoms with Crippen molar-refractivity contribution in [3.8, 4) is 0 Å². The number of nitrogens with zero attached hydrogens (tertiary/aromatic N) is 2. The number of anilines is 1. The van der Waals surface area contributed by atoms with Gasteiger partial charge >= 0.3 is 0 Å². The second kappa shape index (κ2) is 5.43. The molecule has 124 valence electrons. The average Bonchev–Trinajstić information content (AvgIpc) is 2.83. The molecule has 4 rings (SSSR count). The summed E-state index contributed by atoms with van der Waals surface area (Å²) in [5.74, 6) is -0.769. The minimum Gasteiger partial charge on any atom is -0.370 e. The third-order valence-corrected chi connectivity index (χ3v) is 4.97. The molecule has 3 heterocycles. The zero-order valence-electron chi connectivity index (χ0n) is 13.0. The van der Waals surface area contributed by atoms with Crippen molar-refractivity contribution in [3.05, 3.63) is 29.3 Å². The summed E-state index contributed by atoms with van der Waals surface area (Å²) in [6.45, 7) is 1.78. The third kappa shape index (κ3) is 2.28. The summed E-state index contributed by atoms with van der Waals surface area (Å²) >= 11 is 0. The second-order valence-electron chi connectivity index (χ2n) is 6.54. The van der Waals surface area contributed by atoms with Gasteiger partial charge in [0.1, 0.15) is 12.3 Å². The van der Waals surface area contributed by atoms with Gasteiger partial charge in [-0.25, -0.2) is 0 Å². The number of carbonyl (C=O) groups is 4. The Morgan fingerprint density at radius 2 is 1.96 bits per heavy atom. The largest absolute Gasteiger partial charge is 0.370 e. The highest BCUT2D eigenvalue weighted by molar-refractivity contribution is 6.05. The van der Waals surface area contributed by atoms with Crippen LogP contribution in [0.2, 0.25) is 0 Å². The fourth-order valence-corrected chi connectivity index (χ4v) is 3.57. The molecule has 0 aromatic heterocycles. The highest BCUT2D eigenvalue weighted by Crippen LogP contribution is 2.32. The molecule has 0 saturated carbocycles. The van der Waals surface area contributed by atoms with E-state index in [1.165, 1.54) is 0 Å². The molecule has 1 atom stereocenters. The highest BCUT2D eigenvalue weighted by Gasteiger charge is 2.39. The standard InChI is InChI=1S/C17H17N3O4/c21-9-10-6-19(7-10)12-1-2-13-11(5-12)8-20(17(13)24)14-3-4-15(22)18-16(14)23/h1-2,5,9-10,14H,3-4,6-8H2,(H,18,22,23)/t14-/m1/s1. The van der Waals surface area contributed by atoms with Gasteiger partial charge in [-0.05, 0) is 30.2 Å². The van der Waals surface area contributed by atoms with Gasteiger partial charge < -0.3 is 14.6 Å². The Labute approximate surface area is 138 Å². The molecule has 3 aliphatic heterocycles. The monoisotopic (exact) mass is 327 g/mol. The number of nitrogens with one attached hydrogen (secondary N) is 1. The summed E-state index contributed by atoms with van der Waals surface area (Å²) in [6.07, 6.45) is 1.59. The van der Waals surface area contributed by atoms with E-state index in [4.69, 9.17) is 0 Å². The van der Waals surface area contributed by atoms with E-state index >= 15 is 0 Å². The molecule has 0 spiro atoms. The van der Waals surface area contributed by atoms with Crippen LogP contribution in [0.4, 0.5) is 5.69 Å². The van der Waals surface area contributed by atoms with Crippen LogP contribution in [-0.4, -0.2) is 48.0 Å². The average molecular weight is 327 g/mol. The predicted octanol–water partition coefficient (Wildman–Crippen LogP) is 0.0827. The molecule has 3 aliphatic rings.